The third-order valence-electron chi connectivity index (χ3n) is 2.82. The van der Waals surface area contributed by atoms with Crippen molar-refractivity contribution in [3.05, 3.63) is 69.7 Å². The van der Waals surface area contributed by atoms with Crippen LogP contribution in [0, 0.1) is 18.6 Å². The molecule has 2 nitrogen and oxygen atoms in total. The zero-order chi connectivity index (χ0) is 15.4. The van der Waals surface area contributed by atoms with Crippen LogP contribution in [0.25, 0.3) is 6.08 Å². The number of nitrogens with one attached hydrogen (secondary N) is 1. The highest BCUT2D eigenvalue weighted by Crippen LogP contribution is 2.23. The first-order valence-corrected chi connectivity index (χ1v) is 6.95. The Morgan fingerprint density at radius 3 is 2.52 bits per heavy atom. The number of anilines is 1. The molecule has 0 saturated heterocycles. The SMILES string of the molecule is Cc1cc(Br)c(F)cc1NC(=O)/C=C/c1ccc(F)cc1. The average molecular weight is 352 g/mol. The Morgan fingerprint density at radius 1 is 1.19 bits per heavy atom. The fourth-order valence-electron chi connectivity index (χ4n) is 1.70. The molecule has 0 saturated carbocycles. The number of carbonyl (C=O) groups is 1. The summed E-state index contributed by atoms with van der Waals surface area (Å²) >= 11 is 3.08. The Morgan fingerprint density at radius 2 is 1.86 bits per heavy atom. The van der Waals surface area contributed by atoms with E-state index in [1.54, 1.807) is 31.2 Å². The number of carbonyl (C=O) groups excluding carboxylic acids is 1. The number of rotatable bonds is 3. The Bertz CT molecular complexity index is 696. The number of aryl methyl sites for hydroxylation is 1. The van der Waals surface area contributed by atoms with Gasteiger partial charge in [0, 0.05) is 11.8 Å². The van der Waals surface area contributed by atoms with Crippen LogP contribution in [0.15, 0.2) is 46.9 Å². The van der Waals surface area contributed by atoms with E-state index in [0.717, 1.165) is 5.56 Å². The van der Waals surface area contributed by atoms with Crippen molar-refractivity contribution in [1.82, 2.24) is 0 Å². The van der Waals surface area contributed by atoms with E-state index in [-0.39, 0.29) is 11.7 Å². The molecule has 0 spiro atoms. The van der Waals surface area contributed by atoms with Crippen LogP contribution < -0.4 is 5.32 Å². The first kappa shape index (κ1) is 15.4. The van der Waals surface area contributed by atoms with Gasteiger partial charge < -0.3 is 5.32 Å². The van der Waals surface area contributed by atoms with Gasteiger partial charge >= 0.3 is 0 Å². The first-order chi connectivity index (χ1) is 9.95. The molecule has 0 atom stereocenters. The molecule has 108 valence electrons. The van der Waals surface area contributed by atoms with Crippen molar-refractivity contribution < 1.29 is 13.6 Å². The van der Waals surface area contributed by atoms with Crippen molar-refractivity contribution in [1.29, 1.82) is 0 Å². The van der Waals surface area contributed by atoms with Crippen molar-refractivity contribution in [3.63, 3.8) is 0 Å². The molecule has 2 aromatic carbocycles. The van der Waals surface area contributed by atoms with E-state index >= 15 is 0 Å². The second kappa shape index (κ2) is 6.63. The number of benzene rings is 2. The van der Waals surface area contributed by atoms with Gasteiger partial charge in [-0.3, -0.25) is 4.79 Å². The molecular weight excluding hydrogens is 340 g/mol. The van der Waals surface area contributed by atoms with E-state index in [4.69, 9.17) is 0 Å². The molecule has 2 aromatic rings. The normalized spacial score (nSPS) is 10.9. The zero-order valence-electron chi connectivity index (χ0n) is 11.2. The summed E-state index contributed by atoms with van der Waals surface area (Å²) in [5, 5.41) is 2.60. The van der Waals surface area contributed by atoms with E-state index in [9.17, 15) is 13.6 Å². The van der Waals surface area contributed by atoms with Gasteiger partial charge in [0.25, 0.3) is 0 Å². The standard InChI is InChI=1S/C16H12BrF2NO/c1-10-8-13(17)14(19)9-15(10)20-16(21)7-4-11-2-5-12(18)6-3-11/h2-9H,1H3,(H,20,21)/b7-4+. The molecule has 0 aliphatic carbocycles. The van der Waals surface area contributed by atoms with E-state index in [1.807, 2.05) is 0 Å². The topological polar surface area (TPSA) is 29.1 Å². The van der Waals surface area contributed by atoms with Gasteiger partial charge in [0.1, 0.15) is 11.6 Å². The number of hydrogen-bond acceptors (Lipinski definition) is 1. The molecule has 0 fully saturated rings. The van der Waals surface area contributed by atoms with E-state index in [0.29, 0.717) is 15.7 Å². The van der Waals surface area contributed by atoms with Gasteiger partial charge in [-0.05, 0) is 64.3 Å². The van der Waals surface area contributed by atoms with Crippen molar-refractivity contribution in [3.8, 4) is 0 Å². The number of hydrogen-bond donors (Lipinski definition) is 1. The Labute approximate surface area is 129 Å². The molecule has 1 amide bonds. The summed E-state index contributed by atoms with van der Waals surface area (Å²) in [5.41, 5.74) is 1.85. The molecule has 0 aliphatic rings. The summed E-state index contributed by atoms with van der Waals surface area (Å²) < 4.78 is 26.5. The molecule has 1 N–H and O–H groups in total. The molecule has 0 aromatic heterocycles. The molecule has 5 heteroatoms. The van der Waals surface area contributed by atoms with Crippen LogP contribution in [0.2, 0.25) is 0 Å². The molecule has 21 heavy (non-hydrogen) atoms. The van der Waals surface area contributed by atoms with Crippen LogP contribution in [-0.4, -0.2) is 5.91 Å². The third kappa shape index (κ3) is 4.23. The lowest BCUT2D eigenvalue weighted by molar-refractivity contribution is -0.111. The predicted molar refractivity (Wildman–Crippen MR) is 82.9 cm³/mol. The Hall–Kier alpha value is -2.01. The smallest absolute Gasteiger partial charge is 0.248 e. The number of amides is 1. The average Bonchev–Trinajstić information content (AvgIpc) is 2.44. The lowest BCUT2D eigenvalue weighted by Gasteiger charge is -2.07. The van der Waals surface area contributed by atoms with E-state index < -0.39 is 5.82 Å². The summed E-state index contributed by atoms with van der Waals surface area (Å²) in [5.74, 6) is -1.17. The Balaban J connectivity index is 2.08. The highest BCUT2D eigenvalue weighted by atomic mass is 79.9. The van der Waals surface area contributed by atoms with E-state index in [1.165, 1.54) is 24.3 Å². The van der Waals surface area contributed by atoms with Crippen molar-refractivity contribution in [2.75, 3.05) is 5.32 Å². The minimum absolute atomic E-state index is 0.336. The molecule has 0 aliphatic heterocycles. The van der Waals surface area contributed by atoms with Crippen molar-refractivity contribution >= 4 is 33.6 Å². The molecule has 0 bridgehead atoms. The lowest BCUT2D eigenvalue weighted by Crippen LogP contribution is -2.09. The van der Waals surface area contributed by atoms with Gasteiger partial charge in [0.15, 0.2) is 0 Å². The fraction of sp³-hybridized carbons (Fsp3) is 0.0625. The highest BCUT2D eigenvalue weighted by molar-refractivity contribution is 9.10. The molecule has 0 radical (unpaired) electrons. The number of halogens is 3. The summed E-state index contributed by atoms with van der Waals surface area (Å²) in [6.45, 7) is 1.77. The molecule has 0 heterocycles. The Kier molecular flexibility index (Phi) is 4.85. The monoisotopic (exact) mass is 351 g/mol. The quantitative estimate of drug-likeness (QED) is 0.798. The summed E-state index contributed by atoms with van der Waals surface area (Å²) in [4.78, 5) is 11.8. The second-order valence-electron chi connectivity index (χ2n) is 4.46. The maximum absolute atomic E-state index is 13.4. The lowest BCUT2D eigenvalue weighted by atomic mass is 10.2. The zero-order valence-corrected chi connectivity index (χ0v) is 12.7. The van der Waals surface area contributed by atoms with Gasteiger partial charge in [-0.1, -0.05) is 12.1 Å². The highest BCUT2D eigenvalue weighted by Gasteiger charge is 2.07. The van der Waals surface area contributed by atoms with Crippen molar-refractivity contribution in [2.45, 2.75) is 6.92 Å². The molecule has 2 rings (SSSR count). The van der Waals surface area contributed by atoms with Gasteiger partial charge in [0.05, 0.1) is 4.47 Å². The van der Waals surface area contributed by atoms with Crippen LogP contribution in [0.1, 0.15) is 11.1 Å². The minimum Gasteiger partial charge on any atom is -0.322 e. The van der Waals surface area contributed by atoms with Gasteiger partial charge in [-0.15, -0.1) is 0 Å². The summed E-state index contributed by atoms with van der Waals surface area (Å²) in [7, 11) is 0. The first-order valence-electron chi connectivity index (χ1n) is 6.16. The molecular formula is C16H12BrF2NO. The maximum atomic E-state index is 13.4. The fourth-order valence-corrected chi connectivity index (χ4v) is 2.16. The summed E-state index contributed by atoms with van der Waals surface area (Å²) in [6, 6.07) is 8.59. The van der Waals surface area contributed by atoms with Crippen LogP contribution in [0.5, 0.6) is 0 Å². The van der Waals surface area contributed by atoms with Gasteiger partial charge in [0.2, 0.25) is 5.91 Å². The second-order valence-corrected chi connectivity index (χ2v) is 5.31. The van der Waals surface area contributed by atoms with Crippen LogP contribution >= 0.6 is 15.9 Å². The van der Waals surface area contributed by atoms with Crippen LogP contribution in [0.3, 0.4) is 0 Å². The maximum Gasteiger partial charge on any atom is 0.248 e. The van der Waals surface area contributed by atoms with E-state index in [2.05, 4.69) is 21.2 Å². The third-order valence-corrected chi connectivity index (χ3v) is 3.43. The molecule has 0 unspecified atom stereocenters. The van der Waals surface area contributed by atoms with Crippen LogP contribution in [0.4, 0.5) is 14.5 Å². The van der Waals surface area contributed by atoms with Crippen LogP contribution in [-0.2, 0) is 4.79 Å². The predicted octanol–water partition coefficient (Wildman–Crippen LogP) is 4.69. The van der Waals surface area contributed by atoms with Gasteiger partial charge in [-0.25, -0.2) is 8.78 Å². The van der Waals surface area contributed by atoms with Crippen molar-refractivity contribution in [2.24, 2.45) is 0 Å². The summed E-state index contributed by atoms with van der Waals surface area (Å²) in [6.07, 6.45) is 2.87. The largest absolute Gasteiger partial charge is 0.322 e. The minimum atomic E-state index is -0.446. The van der Waals surface area contributed by atoms with Gasteiger partial charge in [-0.2, -0.15) is 0 Å².